The summed E-state index contributed by atoms with van der Waals surface area (Å²) in [6.07, 6.45) is -4.53. The Balaban J connectivity index is 0.00000288. The van der Waals surface area contributed by atoms with E-state index in [0.717, 1.165) is 31.7 Å². The number of piperazine rings is 1. The first-order valence-electron chi connectivity index (χ1n) is 7.33. The molecule has 24 heavy (non-hydrogen) atoms. The van der Waals surface area contributed by atoms with Gasteiger partial charge in [0, 0.05) is 39.3 Å². The molecule has 1 N–H and O–H groups in total. The van der Waals surface area contributed by atoms with Gasteiger partial charge >= 0.3 is 12.3 Å². The highest BCUT2D eigenvalue weighted by Gasteiger charge is 2.31. The Morgan fingerprint density at radius 1 is 1.08 bits per heavy atom. The topological polar surface area (TPSA) is 53.0 Å². The zero-order chi connectivity index (χ0) is 16.9. The maximum absolute atomic E-state index is 12.1. The molecule has 0 unspecified atom stereocenters. The molecule has 1 saturated heterocycles. The van der Waals surface area contributed by atoms with Gasteiger partial charge in [-0.05, 0) is 17.7 Å². The van der Waals surface area contributed by atoms with Crippen LogP contribution in [0.4, 0.5) is 13.2 Å². The van der Waals surface area contributed by atoms with E-state index in [1.807, 2.05) is 0 Å². The van der Waals surface area contributed by atoms with Crippen LogP contribution in [-0.4, -0.2) is 60.0 Å². The third-order valence-electron chi connectivity index (χ3n) is 3.67. The van der Waals surface area contributed by atoms with Crippen LogP contribution in [0, 0.1) is 0 Å². The lowest BCUT2D eigenvalue weighted by Crippen LogP contribution is -2.46. The number of nitrogens with zero attached hydrogens (tertiary/aromatic N) is 2. The van der Waals surface area contributed by atoms with Crippen molar-refractivity contribution in [3.05, 3.63) is 29.8 Å². The summed E-state index contributed by atoms with van der Waals surface area (Å²) in [6, 6.07) is 5.87. The maximum atomic E-state index is 12.1. The molecular weight excluding hydrogens is 349 g/mol. The molecule has 5 nitrogen and oxygen atoms in total. The van der Waals surface area contributed by atoms with E-state index in [1.165, 1.54) is 12.1 Å². The Hall–Kier alpha value is -1.51. The fourth-order valence-corrected chi connectivity index (χ4v) is 2.48. The molecule has 2 rings (SSSR count). The number of carboxylic acids is 1. The van der Waals surface area contributed by atoms with Crippen molar-refractivity contribution in [2.75, 3.05) is 32.7 Å². The van der Waals surface area contributed by atoms with Gasteiger partial charge < -0.3 is 14.7 Å². The molecule has 0 radical (unpaired) electrons. The van der Waals surface area contributed by atoms with Gasteiger partial charge in [-0.1, -0.05) is 12.1 Å². The van der Waals surface area contributed by atoms with Crippen LogP contribution in [-0.2, 0) is 11.3 Å². The van der Waals surface area contributed by atoms with Crippen LogP contribution >= 0.6 is 12.4 Å². The highest BCUT2D eigenvalue weighted by atomic mass is 35.5. The zero-order valence-electron chi connectivity index (χ0n) is 13.0. The standard InChI is InChI=1S/C15H19F3N2O3.ClH/c16-15(17,18)23-13-3-1-12(2-4-13)11-20-9-7-19(8-10-20)6-5-14(21)22;/h1-4H,5-11H2,(H,21,22);1H. The van der Waals surface area contributed by atoms with Crippen LogP contribution in [0.5, 0.6) is 5.75 Å². The number of ether oxygens (including phenoxy) is 1. The summed E-state index contributed by atoms with van der Waals surface area (Å²) >= 11 is 0. The van der Waals surface area contributed by atoms with Gasteiger partial charge in [-0.25, -0.2) is 0 Å². The van der Waals surface area contributed by atoms with Crippen LogP contribution in [0.1, 0.15) is 12.0 Å². The molecule has 0 saturated carbocycles. The van der Waals surface area contributed by atoms with E-state index >= 15 is 0 Å². The lowest BCUT2D eigenvalue weighted by Gasteiger charge is -2.34. The Bertz CT molecular complexity index is 518. The Morgan fingerprint density at radius 3 is 2.12 bits per heavy atom. The first-order chi connectivity index (χ1) is 10.8. The van der Waals surface area contributed by atoms with Crippen LogP contribution in [0.2, 0.25) is 0 Å². The third-order valence-corrected chi connectivity index (χ3v) is 3.67. The van der Waals surface area contributed by atoms with Gasteiger partial charge in [0.15, 0.2) is 0 Å². The minimum absolute atomic E-state index is 0. The van der Waals surface area contributed by atoms with Gasteiger partial charge in [0.25, 0.3) is 0 Å². The maximum Gasteiger partial charge on any atom is 0.573 e. The second-order valence-electron chi connectivity index (χ2n) is 5.45. The normalized spacial score (nSPS) is 16.5. The number of aliphatic carboxylic acids is 1. The average molecular weight is 369 g/mol. The molecule has 9 heteroatoms. The molecule has 0 aliphatic carbocycles. The summed E-state index contributed by atoms with van der Waals surface area (Å²) in [7, 11) is 0. The predicted molar refractivity (Wildman–Crippen MR) is 84.3 cm³/mol. The van der Waals surface area contributed by atoms with Crippen molar-refractivity contribution in [3.63, 3.8) is 0 Å². The average Bonchev–Trinajstić information content (AvgIpc) is 2.47. The Morgan fingerprint density at radius 2 is 1.62 bits per heavy atom. The summed E-state index contributed by atoms with van der Waals surface area (Å²) in [5.74, 6) is -1.02. The first kappa shape index (κ1) is 20.5. The molecule has 1 heterocycles. The highest BCUT2D eigenvalue weighted by molar-refractivity contribution is 5.85. The Labute approximate surface area is 144 Å². The fourth-order valence-electron chi connectivity index (χ4n) is 2.48. The lowest BCUT2D eigenvalue weighted by atomic mass is 10.2. The molecular formula is C15H20ClF3N2O3. The molecule has 1 aromatic carbocycles. The summed E-state index contributed by atoms with van der Waals surface area (Å²) in [5.41, 5.74) is 0.915. The van der Waals surface area contributed by atoms with Crippen molar-refractivity contribution in [3.8, 4) is 5.75 Å². The number of hydrogen-bond donors (Lipinski definition) is 1. The van der Waals surface area contributed by atoms with Crippen molar-refractivity contribution in [1.29, 1.82) is 0 Å². The number of carbonyl (C=O) groups is 1. The van der Waals surface area contributed by atoms with E-state index in [1.54, 1.807) is 12.1 Å². The molecule has 0 bridgehead atoms. The SMILES string of the molecule is Cl.O=C(O)CCN1CCN(Cc2ccc(OC(F)(F)F)cc2)CC1. The van der Waals surface area contributed by atoms with Crippen molar-refractivity contribution >= 4 is 18.4 Å². The van der Waals surface area contributed by atoms with Crippen molar-refractivity contribution in [2.24, 2.45) is 0 Å². The number of rotatable bonds is 6. The van der Waals surface area contributed by atoms with Crippen LogP contribution < -0.4 is 4.74 Å². The monoisotopic (exact) mass is 368 g/mol. The first-order valence-corrected chi connectivity index (χ1v) is 7.33. The molecule has 1 aromatic rings. The number of hydrogen-bond acceptors (Lipinski definition) is 4. The zero-order valence-corrected chi connectivity index (χ0v) is 13.8. The van der Waals surface area contributed by atoms with Gasteiger partial charge in [-0.2, -0.15) is 0 Å². The van der Waals surface area contributed by atoms with Gasteiger partial charge in [0.1, 0.15) is 5.75 Å². The largest absolute Gasteiger partial charge is 0.573 e. The van der Waals surface area contributed by atoms with Crippen LogP contribution in [0.3, 0.4) is 0 Å². The van der Waals surface area contributed by atoms with Gasteiger partial charge in [-0.3, -0.25) is 9.69 Å². The van der Waals surface area contributed by atoms with Crippen molar-refractivity contribution in [1.82, 2.24) is 9.80 Å². The third kappa shape index (κ3) is 7.37. The van der Waals surface area contributed by atoms with E-state index in [-0.39, 0.29) is 24.6 Å². The minimum Gasteiger partial charge on any atom is -0.481 e. The predicted octanol–water partition coefficient (Wildman–Crippen LogP) is 2.60. The quantitative estimate of drug-likeness (QED) is 0.836. The van der Waals surface area contributed by atoms with Crippen molar-refractivity contribution < 1.29 is 27.8 Å². The summed E-state index contributed by atoms with van der Waals surface area (Å²) in [5, 5.41) is 8.67. The van der Waals surface area contributed by atoms with E-state index in [9.17, 15) is 18.0 Å². The molecule has 0 aromatic heterocycles. The molecule has 1 aliphatic heterocycles. The van der Waals surface area contributed by atoms with Gasteiger partial charge in [0.05, 0.1) is 6.42 Å². The Kier molecular flexibility index (Phi) is 7.78. The van der Waals surface area contributed by atoms with E-state index in [2.05, 4.69) is 14.5 Å². The second-order valence-corrected chi connectivity index (χ2v) is 5.45. The molecule has 1 aliphatic rings. The molecule has 0 amide bonds. The minimum atomic E-state index is -4.67. The highest BCUT2D eigenvalue weighted by Crippen LogP contribution is 2.23. The summed E-state index contributed by atoms with van der Waals surface area (Å²) in [6.45, 7) is 4.40. The molecule has 136 valence electrons. The fraction of sp³-hybridized carbons (Fsp3) is 0.533. The van der Waals surface area contributed by atoms with Crippen molar-refractivity contribution in [2.45, 2.75) is 19.3 Å². The van der Waals surface area contributed by atoms with E-state index in [4.69, 9.17) is 5.11 Å². The number of halogens is 4. The van der Waals surface area contributed by atoms with Crippen LogP contribution in [0.15, 0.2) is 24.3 Å². The molecule has 0 atom stereocenters. The lowest BCUT2D eigenvalue weighted by molar-refractivity contribution is -0.274. The van der Waals surface area contributed by atoms with Crippen LogP contribution in [0.25, 0.3) is 0 Å². The number of benzene rings is 1. The molecule has 0 spiro atoms. The van der Waals surface area contributed by atoms with Gasteiger partial charge in [-0.15, -0.1) is 25.6 Å². The second kappa shape index (κ2) is 9.10. The smallest absolute Gasteiger partial charge is 0.481 e. The van der Waals surface area contributed by atoms with E-state index in [0.29, 0.717) is 13.1 Å². The summed E-state index contributed by atoms with van der Waals surface area (Å²) < 4.78 is 40.1. The van der Waals surface area contributed by atoms with E-state index < -0.39 is 12.3 Å². The molecule has 1 fully saturated rings. The number of carboxylic acid groups (broad SMARTS) is 1. The summed E-state index contributed by atoms with van der Waals surface area (Å²) in [4.78, 5) is 14.8. The number of alkyl halides is 3. The van der Waals surface area contributed by atoms with Gasteiger partial charge in [0.2, 0.25) is 0 Å².